The molecule has 0 radical (unpaired) electrons. The lowest BCUT2D eigenvalue weighted by Gasteiger charge is -2.40. The first-order valence-corrected chi connectivity index (χ1v) is 12.4. The van der Waals surface area contributed by atoms with Crippen molar-refractivity contribution < 1.29 is 9.18 Å². The van der Waals surface area contributed by atoms with Crippen molar-refractivity contribution in [3.8, 4) is 11.3 Å². The average molecular weight is 493 g/mol. The first-order chi connectivity index (χ1) is 17.2. The van der Waals surface area contributed by atoms with Crippen LogP contribution in [0.15, 0.2) is 18.7 Å². The molecule has 0 spiro atoms. The zero-order valence-corrected chi connectivity index (χ0v) is 21.7. The van der Waals surface area contributed by atoms with Gasteiger partial charge in [0.15, 0.2) is 17.3 Å². The van der Waals surface area contributed by atoms with Crippen LogP contribution in [0.2, 0.25) is 0 Å². The molecule has 4 aromatic rings. The van der Waals surface area contributed by atoms with Crippen molar-refractivity contribution in [2.24, 2.45) is 0 Å². The summed E-state index contributed by atoms with van der Waals surface area (Å²) in [6.07, 6.45) is 5.25. The van der Waals surface area contributed by atoms with Crippen LogP contribution in [0.4, 0.5) is 10.2 Å². The summed E-state index contributed by atoms with van der Waals surface area (Å²) in [5, 5.41) is 7.59. The number of aromatic amines is 1. The highest BCUT2D eigenvalue weighted by Crippen LogP contribution is 2.40. The first kappa shape index (κ1) is 24.2. The van der Waals surface area contributed by atoms with E-state index in [9.17, 15) is 4.79 Å². The fourth-order valence-corrected chi connectivity index (χ4v) is 5.38. The molecule has 1 fully saturated rings. The lowest BCUT2D eigenvalue weighted by atomic mass is 9.94. The van der Waals surface area contributed by atoms with Crippen LogP contribution < -0.4 is 10.2 Å². The summed E-state index contributed by atoms with van der Waals surface area (Å²) in [6.45, 7) is 12.6. The zero-order chi connectivity index (χ0) is 25.7. The second kappa shape index (κ2) is 9.16. The van der Waals surface area contributed by atoms with Gasteiger partial charge in [-0.25, -0.2) is 18.9 Å². The molecule has 1 atom stereocenters. The number of likely N-dealkylation sites (N-methyl/N-ethyl adjacent to an activating group) is 1. The molecule has 0 aromatic carbocycles. The van der Waals surface area contributed by atoms with Gasteiger partial charge in [0.2, 0.25) is 5.91 Å². The van der Waals surface area contributed by atoms with Gasteiger partial charge in [-0.3, -0.25) is 9.69 Å². The van der Waals surface area contributed by atoms with E-state index in [1.807, 2.05) is 24.9 Å². The SMILES string of the molecule is CNC(=O)CN1CCN(c2ncc3[nH]c(-c4cn5ncnc5c(C)c4C)c(C(C)C)c3c2F)C(C)C1. The van der Waals surface area contributed by atoms with Gasteiger partial charge >= 0.3 is 0 Å². The number of hydrogen-bond acceptors (Lipinski definition) is 6. The Morgan fingerprint density at radius 3 is 2.72 bits per heavy atom. The molecule has 1 saturated heterocycles. The molecule has 0 aliphatic carbocycles. The molecule has 4 aromatic heterocycles. The van der Waals surface area contributed by atoms with Gasteiger partial charge in [0.05, 0.1) is 24.0 Å². The van der Waals surface area contributed by atoms with E-state index < -0.39 is 0 Å². The number of aryl methyl sites for hydroxylation is 1. The maximum absolute atomic E-state index is 16.3. The van der Waals surface area contributed by atoms with Gasteiger partial charge < -0.3 is 15.2 Å². The van der Waals surface area contributed by atoms with Crippen LogP contribution in [0.3, 0.4) is 0 Å². The van der Waals surface area contributed by atoms with Crippen molar-refractivity contribution in [3.63, 3.8) is 0 Å². The number of halogens is 1. The van der Waals surface area contributed by atoms with Crippen molar-refractivity contribution in [3.05, 3.63) is 41.2 Å². The third kappa shape index (κ3) is 3.89. The van der Waals surface area contributed by atoms with Gasteiger partial charge in [0.25, 0.3) is 0 Å². The molecule has 1 unspecified atom stereocenters. The van der Waals surface area contributed by atoms with Gasteiger partial charge in [-0.2, -0.15) is 5.10 Å². The summed E-state index contributed by atoms with van der Waals surface area (Å²) in [4.78, 5) is 28.3. The number of aromatic nitrogens is 5. The van der Waals surface area contributed by atoms with Crippen LogP contribution in [0, 0.1) is 19.7 Å². The maximum atomic E-state index is 16.3. The monoisotopic (exact) mass is 492 g/mol. The lowest BCUT2D eigenvalue weighted by Crippen LogP contribution is -2.54. The lowest BCUT2D eigenvalue weighted by molar-refractivity contribution is -0.121. The molecule has 1 aliphatic heterocycles. The Balaban J connectivity index is 1.59. The summed E-state index contributed by atoms with van der Waals surface area (Å²) in [7, 11) is 1.64. The molecule has 9 nitrogen and oxygen atoms in total. The second-order valence-corrected chi connectivity index (χ2v) is 10.0. The number of pyridine rings is 2. The van der Waals surface area contributed by atoms with Gasteiger partial charge in [-0.15, -0.1) is 0 Å². The fraction of sp³-hybridized carbons (Fsp3) is 0.462. The Morgan fingerprint density at radius 2 is 2.03 bits per heavy atom. The van der Waals surface area contributed by atoms with Crippen LogP contribution in [-0.4, -0.2) is 74.6 Å². The summed E-state index contributed by atoms with van der Waals surface area (Å²) >= 11 is 0. The summed E-state index contributed by atoms with van der Waals surface area (Å²) in [5.41, 5.74) is 6.41. The Labute approximate surface area is 209 Å². The Kier molecular flexibility index (Phi) is 6.15. The quantitative estimate of drug-likeness (QED) is 0.444. The topological polar surface area (TPSA) is 94.5 Å². The van der Waals surface area contributed by atoms with Crippen LogP contribution in [0.5, 0.6) is 0 Å². The van der Waals surface area contributed by atoms with E-state index in [2.05, 4.69) is 51.0 Å². The third-order valence-electron chi connectivity index (χ3n) is 7.40. The van der Waals surface area contributed by atoms with Crippen LogP contribution in [0.25, 0.3) is 27.8 Å². The molecule has 0 saturated carbocycles. The number of anilines is 1. The van der Waals surface area contributed by atoms with Gasteiger partial charge in [0, 0.05) is 49.9 Å². The van der Waals surface area contributed by atoms with Crippen LogP contribution >= 0.6 is 0 Å². The number of amides is 1. The highest BCUT2D eigenvalue weighted by atomic mass is 19.1. The van der Waals surface area contributed by atoms with Crippen LogP contribution in [0.1, 0.15) is 43.4 Å². The number of H-pyrrole nitrogens is 1. The van der Waals surface area contributed by atoms with Crippen molar-refractivity contribution in [1.29, 1.82) is 0 Å². The number of fused-ring (bicyclic) bond motifs is 2. The Morgan fingerprint density at radius 1 is 1.25 bits per heavy atom. The molecule has 0 bridgehead atoms. The smallest absolute Gasteiger partial charge is 0.233 e. The van der Waals surface area contributed by atoms with E-state index >= 15 is 4.39 Å². The number of hydrogen-bond donors (Lipinski definition) is 2. The molecule has 10 heteroatoms. The van der Waals surface area contributed by atoms with Crippen molar-refractivity contribution >= 4 is 28.3 Å². The summed E-state index contributed by atoms with van der Waals surface area (Å²) in [6, 6.07) is 0.0170. The first-order valence-electron chi connectivity index (χ1n) is 12.4. The highest BCUT2D eigenvalue weighted by Gasteiger charge is 2.30. The molecular formula is C26H33FN8O. The van der Waals surface area contributed by atoms with Gasteiger partial charge in [-0.1, -0.05) is 13.8 Å². The molecule has 5 rings (SSSR count). The number of nitrogens with one attached hydrogen (secondary N) is 2. The van der Waals surface area contributed by atoms with E-state index in [0.29, 0.717) is 42.9 Å². The van der Waals surface area contributed by atoms with Gasteiger partial charge in [0.1, 0.15) is 6.33 Å². The minimum Gasteiger partial charge on any atom is -0.358 e. The molecule has 36 heavy (non-hydrogen) atoms. The normalized spacial score (nSPS) is 17.0. The zero-order valence-electron chi connectivity index (χ0n) is 21.7. The predicted octanol–water partition coefficient (Wildman–Crippen LogP) is 3.41. The van der Waals surface area contributed by atoms with Crippen LogP contribution in [-0.2, 0) is 4.79 Å². The van der Waals surface area contributed by atoms with E-state index in [4.69, 9.17) is 0 Å². The number of carbonyl (C=O) groups is 1. The maximum Gasteiger partial charge on any atom is 0.233 e. The van der Waals surface area contributed by atoms with E-state index in [-0.39, 0.29) is 23.7 Å². The molecule has 190 valence electrons. The van der Waals surface area contributed by atoms with Crippen molar-refractivity contribution in [1.82, 2.24) is 34.8 Å². The molecule has 5 heterocycles. The number of piperazine rings is 1. The molecule has 1 aliphatic rings. The average Bonchev–Trinajstić information content (AvgIpc) is 3.47. The Hall–Kier alpha value is -3.53. The molecular weight excluding hydrogens is 459 g/mol. The summed E-state index contributed by atoms with van der Waals surface area (Å²) in [5.74, 6) is 0.118. The highest BCUT2D eigenvalue weighted by molar-refractivity contribution is 5.94. The number of rotatable bonds is 5. The minimum atomic E-state index is -0.304. The Bertz CT molecular complexity index is 1460. The van der Waals surface area contributed by atoms with E-state index in [0.717, 1.165) is 33.6 Å². The molecule has 2 N–H and O–H groups in total. The van der Waals surface area contributed by atoms with E-state index in [1.165, 1.54) is 0 Å². The van der Waals surface area contributed by atoms with Crippen molar-refractivity contribution in [2.45, 2.75) is 46.6 Å². The largest absolute Gasteiger partial charge is 0.358 e. The summed E-state index contributed by atoms with van der Waals surface area (Å²) < 4.78 is 18.1. The fourth-order valence-electron chi connectivity index (χ4n) is 5.38. The van der Waals surface area contributed by atoms with Gasteiger partial charge in [-0.05, 0) is 43.4 Å². The number of carbonyl (C=O) groups excluding carboxylic acids is 1. The van der Waals surface area contributed by atoms with E-state index in [1.54, 1.807) is 24.1 Å². The molecule has 1 amide bonds. The standard InChI is InChI=1S/C26H33FN8O/c1-14(2)21-22-19(32-24(21)18-11-35-25(30-13-31-35)17(5)16(18)4)9-29-26(23(22)27)34-8-7-33(10-15(34)3)12-20(36)28-6/h9,11,13-15,32H,7-8,10,12H2,1-6H3,(H,28,36). The van der Waals surface area contributed by atoms with Crippen molar-refractivity contribution in [2.75, 3.05) is 38.1 Å². The predicted molar refractivity (Wildman–Crippen MR) is 139 cm³/mol. The third-order valence-corrected chi connectivity index (χ3v) is 7.40. The minimum absolute atomic E-state index is 0.0163. The number of nitrogens with zero attached hydrogens (tertiary/aromatic N) is 6. The second-order valence-electron chi connectivity index (χ2n) is 10.0.